The van der Waals surface area contributed by atoms with Crippen LogP contribution in [0.3, 0.4) is 0 Å². The molecule has 1 aliphatic rings. The van der Waals surface area contributed by atoms with Crippen molar-refractivity contribution in [1.29, 1.82) is 0 Å². The van der Waals surface area contributed by atoms with Crippen LogP contribution in [0.1, 0.15) is 32.4 Å². The first-order valence-corrected chi connectivity index (χ1v) is 7.40. The fourth-order valence-corrected chi connectivity index (χ4v) is 2.51. The van der Waals surface area contributed by atoms with E-state index in [2.05, 4.69) is 31.0 Å². The smallest absolute Gasteiger partial charge is 0.123 e. The van der Waals surface area contributed by atoms with E-state index < -0.39 is 0 Å². The maximum absolute atomic E-state index is 12.9. The molecule has 4 heteroatoms. The van der Waals surface area contributed by atoms with Gasteiger partial charge in [-0.05, 0) is 38.5 Å². The maximum Gasteiger partial charge on any atom is 0.123 e. The standard InChI is InChI=1S/C16H25FN2O/c1-12(2)19-8-9-20-16(11-19)10-18-13(3)14-4-6-15(17)7-5-14/h4-7,12-13,16,18H,8-11H2,1-3H3/t13-,16?/m0/s1. The molecule has 0 aromatic heterocycles. The molecule has 0 amide bonds. The normalized spacial score (nSPS) is 22.1. The highest BCUT2D eigenvalue weighted by Crippen LogP contribution is 2.14. The van der Waals surface area contributed by atoms with E-state index in [1.54, 1.807) is 0 Å². The lowest BCUT2D eigenvalue weighted by atomic mass is 10.1. The van der Waals surface area contributed by atoms with Crippen LogP contribution in [0.2, 0.25) is 0 Å². The van der Waals surface area contributed by atoms with Gasteiger partial charge in [0.15, 0.2) is 0 Å². The summed E-state index contributed by atoms with van der Waals surface area (Å²) in [6, 6.07) is 7.44. The fourth-order valence-electron chi connectivity index (χ4n) is 2.51. The highest BCUT2D eigenvalue weighted by molar-refractivity contribution is 5.19. The van der Waals surface area contributed by atoms with Gasteiger partial charge in [0.1, 0.15) is 5.82 Å². The summed E-state index contributed by atoms with van der Waals surface area (Å²) in [7, 11) is 0. The van der Waals surface area contributed by atoms with Gasteiger partial charge in [0.05, 0.1) is 12.7 Å². The van der Waals surface area contributed by atoms with E-state index in [1.807, 2.05) is 12.1 Å². The van der Waals surface area contributed by atoms with Gasteiger partial charge in [-0.2, -0.15) is 0 Å². The van der Waals surface area contributed by atoms with Crippen LogP contribution in [0.4, 0.5) is 4.39 Å². The van der Waals surface area contributed by atoms with Crippen LogP contribution in [-0.4, -0.2) is 43.3 Å². The van der Waals surface area contributed by atoms with Crippen molar-refractivity contribution >= 4 is 0 Å². The lowest BCUT2D eigenvalue weighted by Gasteiger charge is -2.36. The maximum atomic E-state index is 12.9. The molecule has 1 saturated heterocycles. The first kappa shape index (κ1) is 15.4. The summed E-state index contributed by atoms with van der Waals surface area (Å²) < 4.78 is 18.7. The number of rotatable bonds is 5. The van der Waals surface area contributed by atoms with Crippen LogP contribution in [0.5, 0.6) is 0 Å². The topological polar surface area (TPSA) is 24.5 Å². The summed E-state index contributed by atoms with van der Waals surface area (Å²) in [6.45, 7) is 10.1. The van der Waals surface area contributed by atoms with E-state index in [9.17, 15) is 4.39 Å². The molecule has 1 aliphatic heterocycles. The van der Waals surface area contributed by atoms with Gasteiger partial charge in [-0.1, -0.05) is 12.1 Å². The molecule has 0 bridgehead atoms. The van der Waals surface area contributed by atoms with Crippen LogP contribution in [0.15, 0.2) is 24.3 Å². The Bertz CT molecular complexity index is 407. The second-order valence-electron chi connectivity index (χ2n) is 5.76. The van der Waals surface area contributed by atoms with Gasteiger partial charge in [0, 0.05) is 31.7 Å². The summed E-state index contributed by atoms with van der Waals surface area (Å²) in [6.07, 6.45) is 0.231. The van der Waals surface area contributed by atoms with Gasteiger partial charge >= 0.3 is 0 Å². The predicted molar refractivity (Wildman–Crippen MR) is 79.3 cm³/mol. The Labute approximate surface area is 121 Å². The van der Waals surface area contributed by atoms with E-state index >= 15 is 0 Å². The number of halogens is 1. The molecule has 0 radical (unpaired) electrons. The molecule has 2 atom stereocenters. The van der Waals surface area contributed by atoms with Crippen molar-refractivity contribution in [2.24, 2.45) is 0 Å². The minimum Gasteiger partial charge on any atom is -0.374 e. The average Bonchev–Trinajstić information content (AvgIpc) is 2.46. The first-order chi connectivity index (χ1) is 9.56. The third-order valence-corrected chi connectivity index (χ3v) is 3.92. The van der Waals surface area contributed by atoms with Gasteiger partial charge in [-0.3, -0.25) is 4.90 Å². The average molecular weight is 280 g/mol. The molecule has 1 aromatic carbocycles. The van der Waals surface area contributed by atoms with Crippen molar-refractivity contribution in [1.82, 2.24) is 10.2 Å². The van der Waals surface area contributed by atoms with Gasteiger partial charge in [0.25, 0.3) is 0 Å². The zero-order valence-electron chi connectivity index (χ0n) is 12.6. The Morgan fingerprint density at radius 1 is 1.30 bits per heavy atom. The molecule has 0 aliphatic carbocycles. The Kier molecular flexibility index (Phi) is 5.52. The Morgan fingerprint density at radius 2 is 2.00 bits per heavy atom. The zero-order valence-corrected chi connectivity index (χ0v) is 12.6. The molecule has 20 heavy (non-hydrogen) atoms. The van der Waals surface area contributed by atoms with E-state index in [4.69, 9.17) is 4.74 Å². The van der Waals surface area contributed by atoms with Crippen LogP contribution in [-0.2, 0) is 4.74 Å². The van der Waals surface area contributed by atoms with Crippen LogP contribution < -0.4 is 5.32 Å². The Morgan fingerprint density at radius 3 is 2.65 bits per heavy atom. The molecule has 1 fully saturated rings. The number of nitrogens with zero attached hydrogens (tertiary/aromatic N) is 1. The van der Waals surface area contributed by atoms with Crippen molar-refractivity contribution in [2.45, 2.75) is 39.0 Å². The lowest BCUT2D eigenvalue weighted by molar-refractivity contribution is -0.0379. The summed E-state index contributed by atoms with van der Waals surface area (Å²) in [4.78, 5) is 2.44. The summed E-state index contributed by atoms with van der Waals surface area (Å²) in [5.74, 6) is -0.191. The monoisotopic (exact) mass is 280 g/mol. The van der Waals surface area contributed by atoms with Gasteiger partial charge < -0.3 is 10.1 Å². The van der Waals surface area contributed by atoms with Crippen LogP contribution in [0, 0.1) is 5.82 Å². The number of ether oxygens (including phenoxy) is 1. The fraction of sp³-hybridized carbons (Fsp3) is 0.625. The Balaban J connectivity index is 1.81. The van der Waals surface area contributed by atoms with Crippen LogP contribution in [0.25, 0.3) is 0 Å². The van der Waals surface area contributed by atoms with Crippen LogP contribution >= 0.6 is 0 Å². The number of hydrogen-bond acceptors (Lipinski definition) is 3. The van der Waals surface area contributed by atoms with Crippen molar-refractivity contribution in [3.8, 4) is 0 Å². The molecule has 3 nitrogen and oxygen atoms in total. The molecule has 1 N–H and O–H groups in total. The molecule has 1 unspecified atom stereocenters. The largest absolute Gasteiger partial charge is 0.374 e. The molecular weight excluding hydrogens is 255 g/mol. The highest BCUT2D eigenvalue weighted by Gasteiger charge is 2.22. The molecule has 2 rings (SSSR count). The van der Waals surface area contributed by atoms with E-state index in [1.165, 1.54) is 12.1 Å². The molecule has 112 valence electrons. The summed E-state index contributed by atoms with van der Waals surface area (Å²) in [5.41, 5.74) is 1.10. The van der Waals surface area contributed by atoms with Crippen molar-refractivity contribution in [2.75, 3.05) is 26.2 Å². The number of hydrogen-bond donors (Lipinski definition) is 1. The second-order valence-corrected chi connectivity index (χ2v) is 5.76. The van der Waals surface area contributed by atoms with Crippen molar-refractivity contribution < 1.29 is 9.13 Å². The summed E-state index contributed by atoms with van der Waals surface area (Å²) in [5, 5.41) is 3.47. The van der Waals surface area contributed by atoms with Gasteiger partial charge in [0.2, 0.25) is 0 Å². The number of nitrogens with one attached hydrogen (secondary N) is 1. The minimum absolute atomic E-state index is 0.191. The highest BCUT2D eigenvalue weighted by atomic mass is 19.1. The predicted octanol–water partition coefficient (Wildman–Crippen LogP) is 2.59. The first-order valence-electron chi connectivity index (χ1n) is 7.40. The quantitative estimate of drug-likeness (QED) is 0.897. The van der Waals surface area contributed by atoms with Gasteiger partial charge in [-0.25, -0.2) is 4.39 Å². The molecule has 1 heterocycles. The minimum atomic E-state index is -0.191. The lowest BCUT2D eigenvalue weighted by Crippen LogP contribution is -2.49. The molecule has 0 saturated carbocycles. The third-order valence-electron chi connectivity index (χ3n) is 3.92. The van der Waals surface area contributed by atoms with Crippen molar-refractivity contribution in [3.63, 3.8) is 0 Å². The number of morpholine rings is 1. The zero-order chi connectivity index (χ0) is 14.5. The molecule has 0 spiro atoms. The van der Waals surface area contributed by atoms with E-state index in [-0.39, 0.29) is 18.0 Å². The third kappa shape index (κ3) is 4.27. The van der Waals surface area contributed by atoms with E-state index in [0.717, 1.165) is 31.8 Å². The Hall–Kier alpha value is -0.970. The van der Waals surface area contributed by atoms with E-state index in [0.29, 0.717) is 6.04 Å². The van der Waals surface area contributed by atoms with Gasteiger partial charge in [-0.15, -0.1) is 0 Å². The number of benzene rings is 1. The SMILES string of the molecule is CC(C)N1CCOC(CN[C@@H](C)c2ccc(F)cc2)C1. The van der Waals surface area contributed by atoms with Crippen molar-refractivity contribution in [3.05, 3.63) is 35.6 Å². The second kappa shape index (κ2) is 7.16. The summed E-state index contributed by atoms with van der Waals surface area (Å²) >= 11 is 0. The molecule has 1 aromatic rings. The molecular formula is C16H25FN2O.